The Kier molecular flexibility index (Phi) is 36.8. The van der Waals surface area contributed by atoms with Crippen molar-refractivity contribution >= 4 is 0 Å². The Morgan fingerprint density at radius 2 is 0.471 bits per heavy atom. The van der Waals surface area contributed by atoms with Crippen molar-refractivity contribution in [1.29, 1.82) is 0 Å². The fourth-order valence-electron chi connectivity index (χ4n) is 11.0. The lowest BCUT2D eigenvalue weighted by Gasteiger charge is -2.23. The zero-order valence-corrected chi connectivity index (χ0v) is 46.4. The molecule has 0 spiro atoms. The van der Waals surface area contributed by atoms with Crippen molar-refractivity contribution in [2.75, 3.05) is 257 Å². The normalized spacial score (nSPS) is 22.3. The molecule has 0 aromatic heterocycles. The molecule has 8 saturated heterocycles. The molecule has 15 nitrogen and oxygen atoms in total. The van der Waals surface area contributed by atoms with Crippen LogP contribution in [0.3, 0.4) is 0 Å². The van der Waals surface area contributed by atoms with E-state index in [0.29, 0.717) is 13.2 Å². The summed E-state index contributed by atoms with van der Waals surface area (Å²) in [5, 5.41) is 16.9. The smallest absolute Gasteiger partial charge is 0.0698 e. The van der Waals surface area contributed by atoms with E-state index >= 15 is 0 Å². The molecule has 0 aromatic rings. The van der Waals surface area contributed by atoms with E-state index in [9.17, 15) is 0 Å². The number of ether oxygens (including phenoxy) is 2. The topological polar surface area (TPSA) is 94.6 Å². The SMILES string of the molecule is CN(CCN1CCCC1)CCN1CCCC1.CN(CCN1CCCC1)CCN1CCCC1.CN(CCOCCN1CCCC1)CCN1CCCC1.OCCN1CCCC1.OCCOCCN1CCCC1. The van der Waals surface area contributed by atoms with E-state index in [4.69, 9.17) is 19.7 Å². The molecule has 8 aliphatic rings. The second kappa shape index (κ2) is 41.6. The molecule has 0 bridgehead atoms. The number of likely N-dealkylation sites (N-methyl/N-ethyl adjacent to an activating group) is 3. The average Bonchev–Trinajstić information content (AvgIpc) is 4.23. The Morgan fingerprint density at radius 3 is 0.714 bits per heavy atom. The Hall–Kier alpha value is -0.600. The quantitative estimate of drug-likeness (QED) is 0.112. The van der Waals surface area contributed by atoms with Gasteiger partial charge in [0.1, 0.15) is 0 Å². The van der Waals surface area contributed by atoms with E-state index in [0.717, 1.165) is 46.0 Å². The van der Waals surface area contributed by atoms with Crippen LogP contribution >= 0.6 is 0 Å². The van der Waals surface area contributed by atoms with Crippen LogP contribution in [0.25, 0.3) is 0 Å². The van der Waals surface area contributed by atoms with E-state index in [2.05, 4.69) is 75.0 Å². The van der Waals surface area contributed by atoms with E-state index in [-0.39, 0.29) is 6.61 Å². The molecule has 0 amide bonds. The van der Waals surface area contributed by atoms with Gasteiger partial charge in [-0.15, -0.1) is 0 Å². The maximum absolute atomic E-state index is 8.48. The second-order valence-corrected chi connectivity index (χ2v) is 22.0. The first kappa shape index (κ1) is 61.9. The summed E-state index contributed by atoms with van der Waals surface area (Å²) in [7, 11) is 6.75. The first-order chi connectivity index (χ1) is 34.4. The molecule has 8 fully saturated rings. The number of hydrogen-bond acceptors (Lipinski definition) is 15. The standard InChI is InChI=1S/C15H31N3O.2C13H27N3.C8H17NO2.C6H13NO/c1-16(10-11-17-6-2-3-7-17)12-14-19-15-13-18-8-4-5-9-18;2*1-14(10-12-15-6-2-3-7-15)11-13-16-8-4-5-9-16;10-6-8-11-7-5-9-3-1-2-4-9;8-6-5-7-3-1-2-4-7/h2-15H2,1H3;2*2-13H2,1H3;10H,1-8H2;8H,1-6H2. The van der Waals surface area contributed by atoms with Gasteiger partial charge in [0.25, 0.3) is 0 Å². The summed E-state index contributed by atoms with van der Waals surface area (Å²) in [6, 6.07) is 0. The van der Waals surface area contributed by atoms with Crippen LogP contribution in [0.5, 0.6) is 0 Å². The summed E-state index contributed by atoms with van der Waals surface area (Å²) in [5.74, 6) is 0. The summed E-state index contributed by atoms with van der Waals surface area (Å²) in [6.45, 7) is 40.7. The molecule has 0 radical (unpaired) electrons. The predicted molar refractivity (Wildman–Crippen MR) is 294 cm³/mol. The highest BCUT2D eigenvalue weighted by Crippen LogP contribution is 2.12. The number of hydrogen-bond donors (Lipinski definition) is 2. The van der Waals surface area contributed by atoms with Crippen LogP contribution in [-0.2, 0) is 9.47 Å². The lowest BCUT2D eigenvalue weighted by Crippen LogP contribution is -2.36. The zero-order valence-electron chi connectivity index (χ0n) is 46.4. The minimum absolute atomic E-state index is 0.139. The van der Waals surface area contributed by atoms with Crippen LogP contribution in [0.4, 0.5) is 0 Å². The molecule has 15 heteroatoms. The van der Waals surface area contributed by atoms with Gasteiger partial charge in [-0.1, -0.05) is 0 Å². The lowest BCUT2D eigenvalue weighted by atomic mass is 10.4. The molecule has 0 unspecified atom stereocenters. The number of likely N-dealkylation sites (tertiary alicyclic amines) is 8. The predicted octanol–water partition coefficient (Wildman–Crippen LogP) is 3.51. The monoisotopic (exact) mass is 994 g/mol. The van der Waals surface area contributed by atoms with Gasteiger partial charge in [-0.25, -0.2) is 0 Å². The van der Waals surface area contributed by atoms with Crippen molar-refractivity contribution in [2.45, 2.75) is 103 Å². The summed E-state index contributed by atoms with van der Waals surface area (Å²) in [6.07, 6.45) is 22.2. The second-order valence-electron chi connectivity index (χ2n) is 22.0. The number of nitrogens with zero attached hydrogens (tertiary/aromatic N) is 11. The molecule has 2 N–H and O–H groups in total. The van der Waals surface area contributed by atoms with Crippen LogP contribution in [0.1, 0.15) is 103 Å². The van der Waals surface area contributed by atoms with Crippen LogP contribution in [0.15, 0.2) is 0 Å². The van der Waals surface area contributed by atoms with Gasteiger partial charge >= 0.3 is 0 Å². The molecule has 0 atom stereocenters. The Bertz CT molecular complexity index is 1060. The minimum atomic E-state index is 0.139. The third-order valence-electron chi connectivity index (χ3n) is 16.0. The molecule has 8 rings (SSSR count). The molecule has 8 heterocycles. The molecule has 70 heavy (non-hydrogen) atoms. The molecule has 8 aliphatic heterocycles. The highest BCUT2D eigenvalue weighted by atomic mass is 16.5. The first-order valence-electron chi connectivity index (χ1n) is 29.6. The fraction of sp³-hybridized carbons (Fsp3) is 1.00. The third kappa shape index (κ3) is 31.3. The summed E-state index contributed by atoms with van der Waals surface area (Å²) in [4.78, 5) is 27.6. The van der Waals surface area contributed by atoms with Crippen molar-refractivity contribution in [3.63, 3.8) is 0 Å². The number of β-amino-alcohol motifs (C(OH)–C–C–N with tert-alkyl or cyclic N) is 1. The lowest BCUT2D eigenvalue weighted by molar-refractivity contribution is 0.0781. The van der Waals surface area contributed by atoms with Crippen molar-refractivity contribution in [2.24, 2.45) is 0 Å². The van der Waals surface area contributed by atoms with Crippen LogP contribution in [0.2, 0.25) is 0 Å². The van der Waals surface area contributed by atoms with Gasteiger partial charge in [0, 0.05) is 91.6 Å². The van der Waals surface area contributed by atoms with Gasteiger partial charge in [0.15, 0.2) is 0 Å². The van der Waals surface area contributed by atoms with Gasteiger partial charge < -0.3 is 73.6 Å². The zero-order chi connectivity index (χ0) is 49.5. The summed E-state index contributed by atoms with van der Waals surface area (Å²) in [5.41, 5.74) is 0. The highest BCUT2D eigenvalue weighted by Gasteiger charge is 2.17. The van der Waals surface area contributed by atoms with Crippen LogP contribution in [0, 0.1) is 0 Å². The van der Waals surface area contributed by atoms with Crippen molar-refractivity contribution in [3.05, 3.63) is 0 Å². The Balaban J connectivity index is 0.000000195. The molecule has 414 valence electrons. The number of aliphatic hydroxyl groups is 2. The van der Waals surface area contributed by atoms with Crippen LogP contribution in [-0.4, -0.2) is 321 Å². The Labute approximate surface area is 432 Å². The van der Waals surface area contributed by atoms with Crippen LogP contribution < -0.4 is 0 Å². The van der Waals surface area contributed by atoms with E-state index in [1.165, 1.54) is 273 Å². The van der Waals surface area contributed by atoms with Gasteiger partial charge in [0.2, 0.25) is 0 Å². The Morgan fingerprint density at radius 1 is 0.257 bits per heavy atom. The van der Waals surface area contributed by atoms with Crippen molar-refractivity contribution < 1.29 is 19.7 Å². The van der Waals surface area contributed by atoms with E-state index in [1.54, 1.807) is 0 Å². The van der Waals surface area contributed by atoms with Gasteiger partial charge in [-0.05, 0) is 229 Å². The number of aliphatic hydroxyl groups excluding tert-OH is 2. The highest BCUT2D eigenvalue weighted by molar-refractivity contribution is 4.73. The maximum atomic E-state index is 8.48. The molecular formula is C55H115N11O4. The van der Waals surface area contributed by atoms with Crippen molar-refractivity contribution in [3.8, 4) is 0 Å². The van der Waals surface area contributed by atoms with E-state index in [1.807, 2.05) is 0 Å². The average molecular weight is 995 g/mol. The molecule has 0 saturated carbocycles. The largest absolute Gasteiger partial charge is 0.395 e. The van der Waals surface area contributed by atoms with Gasteiger partial charge in [0.05, 0.1) is 39.6 Å². The first-order valence-corrected chi connectivity index (χ1v) is 29.6. The maximum Gasteiger partial charge on any atom is 0.0698 e. The fourth-order valence-corrected chi connectivity index (χ4v) is 11.0. The number of rotatable bonds is 28. The van der Waals surface area contributed by atoms with Gasteiger partial charge in [-0.3, -0.25) is 0 Å². The molecule has 0 aromatic carbocycles. The summed E-state index contributed by atoms with van der Waals surface area (Å²) < 4.78 is 10.9. The molecule has 0 aliphatic carbocycles. The van der Waals surface area contributed by atoms with Gasteiger partial charge in [-0.2, -0.15) is 0 Å². The van der Waals surface area contributed by atoms with E-state index < -0.39 is 0 Å². The summed E-state index contributed by atoms with van der Waals surface area (Å²) >= 11 is 0. The van der Waals surface area contributed by atoms with Crippen molar-refractivity contribution in [1.82, 2.24) is 53.9 Å². The third-order valence-corrected chi connectivity index (χ3v) is 16.0. The molecular weight excluding hydrogens is 879 g/mol. The minimum Gasteiger partial charge on any atom is -0.395 e.